The SMILES string of the molecule is C[Si](C)(C)C#CCCn1cc2cccc(F)c2n1. The van der Waals surface area contributed by atoms with Crippen molar-refractivity contribution in [1.82, 2.24) is 9.78 Å². The molecule has 0 saturated heterocycles. The van der Waals surface area contributed by atoms with E-state index >= 15 is 0 Å². The number of hydrogen-bond donors (Lipinski definition) is 0. The van der Waals surface area contributed by atoms with E-state index in [9.17, 15) is 4.39 Å². The van der Waals surface area contributed by atoms with Gasteiger partial charge in [-0.25, -0.2) is 4.39 Å². The summed E-state index contributed by atoms with van der Waals surface area (Å²) in [6, 6.07) is 5.01. The fourth-order valence-corrected chi connectivity index (χ4v) is 2.33. The zero-order valence-electron chi connectivity index (χ0n) is 11.0. The average molecular weight is 260 g/mol. The van der Waals surface area contributed by atoms with Gasteiger partial charge in [-0.3, -0.25) is 4.68 Å². The predicted octanol–water partition coefficient (Wildman–Crippen LogP) is 3.45. The Bertz CT molecular complexity index is 614. The molecule has 0 N–H and O–H groups in total. The highest BCUT2D eigenvalue weighted by atomic mass is 28.3. The van der Waals surface area contributed by atoms with Crippen LogP contribution in [-0.2, 0) is 6.54 Å². The monoisotopic (exact) mass is 260 g/mol. The number of hydrogen-bond acceptors (Lipinski definition) is 1. The van der Waals surface area contributed by atoms with Gasteiger partial charge < -0.3 is 0 Å². The van der Waals surface area contributed by atoms with E-state index in [2.05, 4.69) is 36.2 Å². The molecule has 94 valence electrons. The Labute approximate surface area is 108 Å². The largest absolute Gasteiger partial charge is 0.270 e. The molecule has 0 atom stereocenters. The second-order valence-corrected chi connectivity index (χ2v) is 10.1. The standard InChI is InChI=1S/C14H17FN2Si/c1-18(2,3)10-5-4-9-17-11-12-7-6-8-13(15)14(12)16-17/h6-8,11H,4,9H2,1-3H3. The maximum Gasteiger partial charge on any atom is 0.151 e. The van der Waals surface area contributed by atoms with E-state index in [1.807, 2.05) is 12.3 Å². The maximum atomic E-state index is 13.4. The van der Waals surface area contributed by atoms with Gasteiger partial charge in [-0.1, -0.05) is 31.8 Å². The molecule has 0 unspecified atom stereocenters. The van der Waals surface area contributed by atoms with E-state index in [1.165, 1.54) is 6.07 Å². The zero-order valence-corrected chi connectivity index (χ0v) is 12.0. The Morgan fingerprint density at radius 1 is 1.33 bits per heavy atom. The van der Waals surface area contributed by atoms with Crippen molar-refractivity contribution >= 4 is 19.0 Å². The van der Waals surface area contributed by atoms with Crippen LogP contribution in [0, 0.1) is 17.3 Å². The van der Waals surface area contributed by atoms with E-state index in [1.54, 1.807) is 10.7 Å². The molecule has 2 nitrogen and oxygen atoms in total. The van der Waals surface area contributed by atoms with E-state index in [0.717, 1.165) is 11.8 Å². The molecule has 1 aromatic carbocycles. The molecular weight excluding hydrogens is 243 g/mol. The lowest BCUT2D eigenvalue weighted by Gasteiger charge is -2.03. The van der Waals surface area contributed by atoms with Crippen molar-refractivity contribution in [3.05, 3.63) is 30.2 Å². The molecule has 1 aromatic heterocycles. The fourth-order valence-electron chi connectivity index (χ4n) is 1.67. The minimum atomic E-state index is -1.29. The molecule has 1 heterocycles. The Hall–Kier alpha value is -1.60. The fraction of sp³-hybridized carbons (Fsp3) is 0.357. The van der Waals surface area contributed by atoms with Crippen LogP contribution in [0.15, 0.2) is 24.4 Å². The van der Waals surface area contributed by atoms with Crippen molar-refractivity contribution in [3.8, 4) is 11.5 Å². The second-order valence-electron chi connectivity index (χ2n) is 5.37. The van der Waals surface area contributed by atoms with Gasteiger partial charge in [-0.2, -0.15) is 5.10 Å². The van der Waals surface area contributed by atoms with Crippen LogP contribution in [0.5, 0.6) is 0 Å². The van der Waals surface area contributed by atoms with Crippen molar-refractivity contribution in [3.63, 3.8) is 0 Å². The minimum Gasteiger partial charge on any atom is -0.270 e. The van der Waals surface area contributed by atoms with Crippen molar-refractivity contribution in [2.24, 2.45) is 0 Å². The van der Waals surface area contributed by atoms with Gasteiger partial charge in [0.25, 0.3) is 0 Å². The topological polar surface area (TPSA) is 17.8 Å². The van der Waals surface area contributed by atoms with Crippen LogP contribution in [0.1, 0.15) is 6.42 Å². The third-order valence-corrected chi connectivity index (χ3v) is 3.39. The molecule has 2 rings (SSSR count). The molecule has 0 spiro atoms. The number of aryl methyl sites for hydroxylation is 1. The molecule has 2 aromatic rings. The summed E-state index contributed by atoms with van der Waals surface area (Å²) < 4.78 is 15.2. The predicted molar refractivity (Wildman–Crippen MR) is 75.4 cm³/mol. The van der Waals surface area contributed by atoms with Crippen LogP contribution in [0.25, 0.3) is 10.9 Å². The van der Waals surface area contributed by atoms with Gasteiger partial charge >= 0.3 is 0 Å². The summed E-state index contributed by atoms with van der Waals surface area (Å²) in [5.74, 6) is 2.93. The third kappa shape index (κ3) is 3.20. The first-order chi connectivity index (χ1) is 8.46. The number of nitrogens with zero attached hydrogens (tertiary/aromatic N) is 2. The molecule has 0 radical (unpaired) electrons. The van der Waals surface area contributed by atoms with Crippen LogP contribution >= 0.6 is 0 Å². The van der Waals surface area contributed by atoms with Crippen molar-refractivity contribution in [2.75, 3.05) is 0 Å². The summed E-state index contributed by atoms with van der Waals surface area (Å²) in [5.41, 5.74) is 3.75. The highest BCUT2D eigenvalue weighted by molar-refractivity contribution is 6.83. The van der Waals surface area contributed by atoms with Crippen molar-refractivity contribution in [2.45, 2.75) is 32.6 Å². The molecule has 0 aliphatic carbocycles. The zero-order chi connectivity index (χ0) is 13.2. The molecule has 0 amide bonds. The lowest BCUT2D eigenvalue weighted by Crippen LogP contribution is -2.16. The van der Waals surface area contributed by atoms with E-state index in [4.69, 9.17) is 0 Å². The van der Waals surface area contributed by atoms with Gasteiger partial charge in [0.15, 0.2) is 5.82 Å². The maximum absolute atomic E-state index is 13.4. The number of benzene rings is 1. The number of fused-ring (bicyclic) bond motifs is 1. The Balaban J connectivity index is 2.08. The summed E-state index contributed by atoms with van der Waals surface area (Å²) in [6.45, 7) is 7.37. The van der Waals surface area contributed by atoms with E-state index in [-0.39, 0.29) is 5.82 Å². The van der Waals surface area contributed by atoms with Gasteiger partial charge in [-0.15, -0.1) is 11.5 Å². The average Bonchev–Trinajstić information content (AvgIpc) is 2.68. The number of halogens is 1. The highest BCUT2D eigenvalue weighted by Gasteiger charge is 2.07. The van der Waals surface area contributed by atoms with Gasteiger partial charge in [0.05, 0.1) is 6.54 Å². The van der Waals surface area contributed by atoms with E-state index in [0.29, 0.717) is 12.1 Å². The Morgan fingerprint density at radius 2 is 2.11 bits per heavy atom. The third-order valence-electron chi connectivity index (χ3n) is 2.46. The molecule has 0 fully saturated rings. The molecule has 0 aliphatic heterocycles. The summed E-state index contributed by atoms with van der Waals surface area (Å²) in [5, 5.41) is 5.07. The van der Waals surface area contributed by atoms with Crippen LogP contribution in [0.2, 0.25) is 19.6 Å². The van der Waals surface area contributed by atoms with Crippen LogP contribution < -0.4 is 0 Å². The van der Waals surface area contributed by atoms with Gasteiger partial charge in [0, 0.05) is 18.0 Å². The summed E-state index contributed by atoms with van der Waals surface area (Å²) in [4.78, 5) is 0. The lowest BCUT2D eigenvalue weighted by atomic mass is 10.2. The summed E-state index contributed by atoms with van der Waals surface area (Å²) in [7, 11) is -1.29. The molecule has 0 aliphatic rings. The summed E-state index contributed by atoms with van der Waals surface area (Å²) in [6.07, 6.45) is 2.63. The van der Waals surface area contributed by atoms with Gasteiger partial charge in [-0.05, 0) is 6.07 Å². The normalized spacial score (nSPS) is 11.3. The molecule has 0 bridgehead atoms. The van der Waals surface area contributed by atoms with Crippen molar-refractivity contribution in [1.29, 1.82) is 0 Å². The van der Waals surface area contributed by atoms with Crippen LogP contribution in [-0.4, -0.2) is 17.9 Å². The first-order valence-corrected chi connectivity index (χ1v) is 9.57. The number of rotatable bonds is 2. The number of aromatic nitrogens is 2. The second kappa shape index (κ2) is 4.95. The van der Waals surface area contributed by atoms with Gasteiger partial charge in [0.1, 0.15) is 13.6 Å². The highest BCUT2D eigenvalue weighted by Crippen LogP contribution is 2.15. The lowest BCUT2D eigenvalue weighted by molar-refractivity contribution is 0.613. The quantitative estimate of drug-likeness (QED) is 0.597. The summed E-state index contributed by atoms with van der Waals surface area (Å²) >= 11 is 0. The van der Waals surface area contributed by atoms with Crippen LogP contribution in [0.4, 0.5) is 4.39 Å². The first-order valence-electron chi connectivity index (χ1n) is 6.07. The first kappa shape index (κ1) is 12.8. The van der Waals surface area contributed by atoms with Crippen LogP contribution in [0.3, 0.4) is 0 Å². The van der Waals surface area contributed by atoms with E-state index < -0.39 is 8.07 Å². The Morgan fingerprint density at radius 3 is 2.78 bits per heavy atom. The smallest absolute Gasteiger partial charge is 0.151 e. The Kier molecular flexibility index (Phi) is 3.53. The molecule has 4 heteroatoms. The molecule has 18 heavy (non-hydrogen) atoms. The molecule has 0 saturated carbocycles. The molecular formula is C14H17FN2Si. The minimum absolute atomic E-state index is 0.264. The van der Waals surface area contributed by atoms with Gasteiger partial charge in [0.2, 0.25) is 0 Å². The van der Waals surface area contributed by atoms with Crippen molar-refractivity contribution < 1.29 is 4.39 Å².